The van der Waals surface area contributed by atoms with Crippen molar-refractivity contribution >= 4 is 29.5 Å². The van der Waals surface area contributed by atoms with E-state index in [1.807, 2.05) is 19.1 Å². The summed E-state index contributed by atoms with van der Waals surface area (Å²) in [5, 5.41) is 0.670. The van der Waals surface area contributed by atoms with Crippen molar-refractivity contribution in [2.75, 3.05) is 6.61 Å². The average Bonchev–Trinajstić information content (AvgIpc) is 2.76. The number of cyclic esters (lactones) is 1. The Labute approximate surface area is 116 Å². The molecule has 1 aliphatic rings. The smallest absolute Gasteiger partial charge is 0.367 e. The van der Waals surface area contributed by atoms with Crippen LogP contribution in [0.2, 0.25) is 5.02 Å². The zero-order chi connectivity index (χ0) is 13.7. The molecule has 0 aromatic heterocycles. The van der Waals surface area contributed by atoms with E-state index in [1.54, 1.807) is 24.3 Å². The Kier molecular flexibility index (Phi) is 4.36. The molecule has 98 valence electrons. The Morgan fingerprint density at radius 1 is 1.32 bits per heavy atom. The van der Waals surface area contributed by atoms with Crippen LogP contribution in [0.15, 0.2) is 47.3 Å². The minimum Gasteiger partial charge on any atom is -0.499 e. The van der Waals surface area contributed by atoms with Crippen LogP contribution < -0.4 is 0 Å². The number of aliphatic imine (C=N–C) groups is 1. The predicted octanol–water partition coefficient (Wildman–Crippen LogP) is 3.19. The number of ether oxygens (including phenoxy) is 2. The normalized spacial score (nSPS) is 16.8. The summed E-state index contributed by atoms with van der Waals surface area (Å²) < 4.78 is 9.97. The van der Waals surface area contributed by atoms with E-state index >= 15 is 0 Å². The largest absolute Gasteiger partial charge is 0.499 e. The van der Waals surface area contributed by atoms with Crippen molar-refractivity contribution in [3.63, 3.8) is 0 Å². The van der Waals surface area contributed by atoms with Crippen molar-refractivity contribution < 1.29 is 14.3 Å². The SMILES string of the molecule is CCOC=C1N=C(C=Cc2ccc(Cl)cc2)OC1=O. The summed E-state index contributed by atoms with van der Waals surface area (Å²) in [7, 11) is 0. The number of hydrogen-bond donors (Lipinski definition) is 0. The van der Waals surface area contributed by atoms with Crippen LogP contribution in [0.3, 0.4) is 0 Å². The average molecular weight is 278 g/mol. The molecule has 0 bridgehead atoms. The van der Waals surface area contributed by atoms with Crippen LogP contribution in [-0.4, -0.2) is 18.5 Å². The molecule has 1 aliphatic heterocycles. The quantitative estimate of drug-likeness (QED) is 0.482. The number of halogens is 1. The van der Waals surface area contributed by atoms with Crippen LogP contribution in [0.1, 0.15) is 12.5 Å². The van der Waals surface area contributed by atoms with Gasteiger partial charge in [0.25, 0.3) is 0 Å². The van der Waals surface area contributed by atoms with Gasteiger partial charge < -0.3 is 9.47 Å². The number of benzene rings is 1. The van der Waals surface area contributed by atoms with Crippen LogP contribution in [0.5, 0.6) is 0 Å². The second-order valence-electron chi connectivity index (χ2n) is 3.68. The van der Waals surface area contributed by atoms with E-state index in [0.29, 0.717) is 11.6 Å². The van der Waals surface area contributed by atoms with Gasteiger partial charge >= 0.3 is 5.97 Å². The second kappa shape index (κ2) is 6.20. The monoisotopic (exact) mass is 277 g/mol. The molecule has 1 aromatic rings. The van der Waals surface area contributed by atoms with E-state index in [4.69, 9.17) is 21.1 Å². The summed E-state index contributed by atoms with van der Waals surface area (Å²) in [5.41, 5.74) is 1.10. The first-order valence-electron chi connectivity index (χ1n) is 5.75. The molecule has 0 unspecified atom stereocenters. The van der Waals surface area contributed by atoms with Crippen molar-refractivity contribution in [2.24, 2.45) is 4.99 Å². The van der Waals surface area contributed by atoms with Crippen LogP contribution in [0.4, 0.5) is 0 Å². The van der Waals surface area contributed by atoms with Crippen LogP contribution in [0.25, 0.3) is 6.08 Å². The van der Waals surface area contributed by atoms with Crippen molar-refractivity contribution in [3.05, 3.63) is 52.9 Å². The number of carbonyl (C=O) groups is 1. The number of rotatable bonds is 4. The van der Waals surface area contributed by atoms with Crippen molar-refractivity contribution in [2.45, 2.75) is 6.92 Å². The van der Waals surface area contributed by atoms with E-state index in [0.717, 1.165) is 5.56 Å². The summed E-state index contributed by atoms with van der Waals surface area (Å²) >= 11 is 5.79. The lowest BCUT2D eigenvalue weighted by Crippen LogP contribution is -2.01. The maximum Gasteiger partial charge on any atom is 0.367 e. The number of esters is 1. The first-order chi connectivity index (χ1) is 9.19. The first kappa shape index (κ1) is 13.4. The lowest BCUT2D eigenvalue weighted by Gasteiger charge is -1.94. The lowest BCUT2D eigenvalue weighted by atomic mass is 10.2. The number of hydrogen-bond acceptors (Lipinski definition) is 4. The van der Waals surface area contributed by atoms with Crippen LogP contribution in [0, 0.1) is 0 Å². The Bertz CT molecular complexity index is 559. The van der Waals surface area contributed by atoms with Gasteiger partial charge in [0.1, 0.15) is 6.26 Å². The lowest BCUT2D eigenvalue weighted by molar-refractivity contribution is -0.130. The van der Waals surface area contributed by atoms with Crippen molar-refractivity contribution in [1.29, 1.82) is 0 Å². The fourth-order valence-corrected chi connectivity index (χ4v) is 1.51. The molecule has 1 aromatic carbocycles. The molecule has 19 heavy (non-hydrogen) atoms. The van der Waals surface area contributed by atoms with Gasteiger partial charge in [-0.2, -0.15) is 0 Å². The Morgan fingerprint density at radius 2 is 2.05 bits per heavy atom. The molecule has 0 fully saturated rings. The number of nitrogens with zero attached hydrogens (tertiary/aromatic N) is 1. The highest BCUT2D eigenvalue weighted by Crippen LogP contribution is 2.14. The molecule has 0 aliphatic carbocycles. The fourth-order valence-electron chi connectivity index (χ4n) is 1.38. The van der Waals surface area contributed by atoms with Gasteiger partial charge in [-0.25, -0.2) is 9.79 Å². The van der Waals surface area contributed by atoms with E-state index in [9.17, 15) is 4.79 Å². The Balaban J connectivity index is 2.07. The van der Waals surface area contributed by atoms with Crippen molar-refractivity contribution in [3.8, 4) is 0 Å². The fraction of sp³-hybridized carbons (Fsp3) is 0.143. The second-order valence-corrected chi connectivity index (χ2v) is 4.12. The standard InChI is InChI=1S/C14H12ClNO3/c1-2-18-9-12-14(17)19-13(16-12)8-5-10-3-6-11(15)7-4-10/h3-9H,2H2,1H3. The van der Waals surface area contributed by atoms with Gasteiger partial charge in [0.15, 0.2) is 5.70 Å². The summed E-state index contributed by atoms with van der Waals surface area (Å²) in [5.74, 6) is -0.268. The molecule has 2 rings (SSSR count). The molecule has 0 radical (unpaired) electrons. The van der Waals surface area contributed by atoms with E-state index in [1.165, 1.54) is 6.26 Å². The van der Waals surface area contributed by atoms with Crippen LogP contribution in [-0.2, 0) is 14.3 Å². The molecule has 5 heteroatoms. The molecule has 4 nitrogen and oxygen atoms in total. The third-order valence-corrected chi connectivity index (χ3v) is 2.54. The molecule has 0 amide bonds. The van der Waals surface area contributed by atoms with Gasteiger partial charge in [0.2, 0.25) is 5.90 Å². The van der Waals surface area contributed by atoms with E-state index in [2.05, 4.69) is 4.99 Å². The van der Waals surface area contributed by atoms with Crippen LogP contribution >= 0.6 is 11.6 Å². The minimum atomic E-state index is -0.510. The van der Waals surface area contributed by atoms with Crippen molar-refractivity contribution in [1.82, 2.24) is 0 Å². The topological polar surface area (TPSA) is 47.9 Å². The van der Waals surface area contributed by atoms with Gasteiger partial charge in [-0.05, 0) is 30.7 Å². The summed E-state index contributed by atoms with van der Waals surface area (Å²) in [4.78, 5) is 15.4. The highest BCUT2D eigenvalue weighted by Gasteiger charge is 2.21. The molecular formula is C14H12ClNO3. The highest BCUT2D eigenvalue weighted by molar-refractivity contribution is 6.30. The summed E-state index contributed by atoms with van der Waals surface area (Å²) in [6.07, 6.45) is 4.70. The molecule has 0 atom stereocenters. The minimum absolute atomic E-state index is 0.164. The Morgan fingerprint density at radius 3 is 2.74 bits per heavy atom. The third-order valence-electron chi connectivity index (χ3n) is 2.29. The zero-order valence-corrected chi connectivity index (χ0v) is 11.1. The molecule has 0 saturated carbocycles. The van der Waals surface area contributed by atoms with E-state index < -0.39 is 5.97 Å². The van der Waals surface area contributed by atoms with Gasteiger partial charge in [0, 0.05) is 11.1 Å². The maximum atomic E-state index is 11.4. The van der Waals surface area contributed by atoms with Gasteiger partial charge in [-0.15, -0.1) is 0 Å². The van der Waals surface area contributed by atoms with Gasteiger partial charge in [-0.1, -0.05) is 23.7 Å². The Hall–Kier alpha value is -2.07. The summed E-state index contributed by atoms with van der Waals surface area (Å²) in [6, 6.07) is 7.27. The first-order valence-corrected chi connectivity index (χ1v) is 6.13. The third kappa shape index (κ3) is 3.69. The number of carbonyl (C=O) groups excluding carboxylic acids is 1. The zero-order valence-electron chi connectivity index (χ0n) is 10.3. The molecule has 0 spiro atoms. The molecule has 0 saturated heterocycles. The predicted molar refractivity (Wildman–Crippen MR) is 73.7 cm³/mol. The molecule has 0 N–H and O–H groups in total. The van der Waals surface area contributed by atoms with Gasteiger partial charge in [-0.3, -0.25) is 0 Å². The van der Waals surface area contributed by atoms with E-state index in [-0.39, 0.29) is 11.6 Å². The van der Waals surface area contributed by atoms with Gasteiger partial charge in [0.05, 0.1) is 6.61 Å². The summed E-state index contributed by atoms with van der Waals surface area (Å²) in [6.45, 7) is 2.30. The molecular weight excluding hydrogens is 266 g/mol. The maximum absolute atomic E-state index is 11.4. The molecule has 1 heterocycles. The highest BCUT2D eigenvalue weighted by atomic mass is 35.5.